The van der Waals surface area contributed by atoms with Crippen molar-refractivity contribution in [3.8, 4) is 5.75 Å². The van der Waals surface area contributed by atoms with Gasteiger partial charge in [-0.25, -0.2) is 9.78 Å². The molecule has 0 bridgehead atoms. The standard InChI is InChI=1S/C21H24N2O3/c1-15-6-7-18(22-14-15)23-12-10-21(11-13-23)9-8-16-4-3-5-17(19(16)26-21)20(24)25-2/h3-7,14H,8-13H2,1-2H3. The van der Waals surface area contributed by atoms with E-state index in [1.165, 1.54) is 12.7 Å². The van der Waals surface area contributed by atoms with Crippen LogP contribution in [0.2, 0.25) is 0 Å². The summed E-state index contributed by atoms with van der Waals surface area (Å²) in [4.78, 5) is 19.0. The fourth-order valence-electron chi connectivity index (χ4n) is 3.95. The van der Waals surface area contributed by atoms with Crippen LogP contribution in [0.1, 0.15) is 40.7 Å². The first-order valence-corrected chi connectivity index (χ1v) is 9.17. The van der Waals surface area contributed by atoms with Crippen LogP contribution >= 0.6 is 0 Å². The van der Waals surface area contributed by atoms with Gasteiger partial charge in [0.05, 0.1) is 7.11 Å². The molecule has 0 unspecified atom stereocenters. The molecule has 2 aromatic rings. The number of hydrogen-bond acceptors (Lipinski definition) is 5. The molecule has 2 aliphatic heterocycles. The van der Waals surface area contributed by atoms with E-state index >= 15 is 0 Å². The quantitative estimate of drug-likeness (QED) is 0.774. The number of rotatable bonds is 2. The predicted octanol–water partition coefficient (Wildman–Crippen LogP) is 3.54. The van der Waals surface area contributed by atoms with Gasteiger partial charge in [-0.1, -0.05) is 18.2 Å². The van der Waals surface area contributed by atoms with E-state index in [2.05, 4.69) is 22.0 Å². The monoisotopic (exact) mass is 352 g/mol. The maximum atomic E-state index is 12.1. The summed E-state index contributed by atoms with van der Waals surface area (Å²) in [5.41, 5.74) is 2.61. The van der Waals surface area contributed by atoms with Gasteiger partial charge in [0, 0.05) is 32.1 Å². The Bertz CT molecular complexity index is 809. The lowest BCUT2D eigenvalue weighted by molar-refractivity contribution is 0.0200. The Morgan fingerprint density at radius 2 is 2.00 bits per heavy atom. The molecule has 136 valence electrons. The van der Waals surface area contributed by atoms with E-state index in [1.807, 2.05) is 25.3 Å². The molecule has 3 heterocycles. The predicted molar refractivity (Wildman–Crippen MR) is 99.9 cm³/mol. The van der Waals surface area contributed by atoms with E-state index in [-0.39, 0.29) is 11.6 Å². The first kappa shape index (κ1) is 16.9. The SMILES string of the molecule is COC(=O)c1cccc2c1OC1(CC2)CCN(c2ccc(C)cn2)CC1. The number of methoxy groups -OCH3 is 1. The van der Waals surface area contributed by atoms with Crippen LogP contribution in [0.25, 0.3) is 0 Å². The number of anilines is 1. The second-order valence-electron chi connectivity index (χ2n) is 7.25. The minimum Gasteiger partial charge on any atom is -0.486 e. The fraction of sp³-hybridized carbons (Fsp3) is 0.429. The molecular weight excluding hydrogens is 328 g/mol. The number of fused-ring (bicyclic) bond motifs is 1. The van der Waals surface area contributed by atoms with Crippen molar-refractivity contribution < 1.29 is 14.3 Å². The van der Waals surface area contributed by atoms with Gasteiger partial charge < -0.3 is 14.4 Å². The molecule has 4 rings (SSSR count). The molecule has 0 N–H and O–H groups in total. The molecule has 0 amide bonds. The van der Waals surface area contributed by atoms with Gasteiger partial charge in [0.15, 0.2) is 0 Å². The number of benzene rings is 1. The van der Waals surface area contributed by atoms with Crippen LogP contribution in [0.5, 0.6) is 5.75 Å². The second kappa shape index (κ2) is 6.63. The van der Waals surface area contributed by atoms with Gasteiger partial charge in [-0.05, 0) is 43.0 Å². The Balaban J connectivity index is 1.52. The number of carbonyl (C=O) groups excluding carboxylic acids is 1. The van der Waals surface area contributed by atoms with E-state index in [4.69, 9.17) is 9.47 Å². The Hall–Kier alpha value is -2.56. The highest BCUT2D eigenvalue weighted by molar-refractivity contribution is 5.93. The zero-order valence-electron chi connectivity index (χ0n) is 15.3. The van der Waals surface area contributed by atoms with Gasteiger partial charge in [-0.15, -0.1) is 0 Å². The summed E-state index contributed by atoms with van der Waals surface area (Å²) >= 11 is 0. The summed E-state index contributed by atoms with van der Waals surface area (Å²) < 4.78 is 11.4. The average Bonchev–Trinajstić information content (AvgIpc) is 2.68. The van der Waals surface area contributed by atoms with Crippen molar-refractivity contribution in [3.63, 3.8) is 0 Å². The van der Waals surface area contributed by atoms with Gasteiger partial charge in [-0.3, -0.25) is 0 Å². The molecule has 2 aliphatic rings. The number of aryl methyl sites for hydroxylation is 2. The highest BCUT2D eigenvalue weighted by atomic mass is 16.5. The normalized spacial score (nSPS) is 18.2. The number of ether oxygens (including phenoxy) is 2. The lowest BCUT2D eigenvalue weighted by atomic mass is 9.82. The molecule has 1 aromatic heterocycles. The third-order valence-electron chi connectivity index (χ3n) is 5.56. The first-order chi connectivity index (χ1) is 12.6. The Labute approximate surface area is 153 Å². The molecule has 26 heavy (non-hydrogen) atoms. The Morgan fingerprint density at radius 3 is 2.69 bits per heavy atom. The molecule has 0 aliphatic carbocycles. The molecule has 0 saturated carbocycles. The summed E-state index contributed by atoms with van der Waals surface area (Å²) in [5, 5.41) is 0. The number of aromatic nitrogens is 1. The summed E-state index contributed by atoms with van der Waals surface area (Å²) in [6.45, 7) is 3.87. The lowest BCUT2D eigenvalue weighted by Crippen LogP contribution is -2.50. The lowest BCUT2D eigenvalue weighted by Gasteiger charge is -2.45. The highest BCUT2D eigenvalue weighted by Crippen LogP contribution is 2.41. The van der Waals surface area contributed by atoms with Gasteiger partial charge in [0.1, 0.15) is 22.7 Å². The minimum atomic E-state index is -0.333. The number of esters is 1. The molecule has 1 spiro atoms. The van der Waals surface area contributed by atoms with E-state index in [0.717, 1.165) is 50.2 Å². The second-order valence-corrected chi connectivity index (χ2v) is 7.25. The van der Waals surface area contributed by atoms with Crippen LogP contribution in [-0.4, -0.2) is 36.8 Å². The maximum absolute atomic E-state index is 12.1. The van der Waals surface area contributed by atoms with Crippen molar-refractivity contribution in [1.82, 2.24) is 4.98 Å². The van der Waals surface area contributed by atoms with E-state index < -0.39 is 0 Å². The summed E-state index contributed by atoms with van der Waals surface area (Å²) in [5.74, 6) is 1.41. The molecule has 5 nitrogen and oxygen atoms in total. The van der Waals surface area contributed by atoms with Crippen LogP contribution in [0.4, 0.5) is 5.82 Å². The van der Waals surface area contributed by atoms with Crippen molar-refractivity contribution in [2.75, 3.05) is 25.1 Å². The topological polar surface area (TPSA) is 51.7 Å². The molecule has 0 radical (unpaired) electrons. The number of hydrogen-bond donors (Lipinski definition) is 0. The van der Waals surface area contributed by atoms with Crippen molar-refractivity contribution in [3.05, 3.63) is 53.2 Å². The summed E-state index contributed by atoms with van der Waals surface area (Å²) in [6.07, 6.45) is 5.69. The average molecular weight is 352 g/mol. The molecule has 5 heteroatoms. The third kappa shape index (κ3) is 3.02. The van der Waals surface area contributed by atoms with Crippen LogP contribution in [0, 0.1) is 6.92 Å². The molecular formula is C21H24N2O3. The molecule has 1 aromatic carbocycles. The fourth-order valence-corrected chi connectivity index (χ4v) is 3.95. The Kier molecular flexibility index (Phi) is 4.31. The smallest absolute Gasteiger partial charge is 0.341 e. The zero-order valence-corrected chi connectivity index (χ0v) is 15.3. The van der Waals surface area contributed by atoms with Gasteiger partial charge >= 0.3 is 5.97 Å². The summed E-state index contributed by atoms with van der Waals surface area (Å²) in [7, 11) is 1.41. The van der Waals surface area contributed by atoms with Gasteiger partial charge in [-0.2, -0.15) is 0 Å². The van der Waals surface area contributed by atoms with Crippen LogP contribution < -0.4 is 9.64 Å². The molecule has 1 fully saturated rings. The molecule has 1 saturated heterocycles. The first-order valence-electron chi connectivity index (χ1n) is 9.17. The minimum absolute atomic E-state index is 0.196. The van der Waals surface area contributed by atoms with Crippen molar-refractivity contribution in [2.45, 2.75) is 38.2 Å². The van der Waals surface area contributed by atoms with Crippen LogP contribution in [0.15, 0.2) is 36.5 Å². The number of pyridine rings is 1. The van der Waals surface area contributed by atoms with Crippen LogP contribution in [0.3, 0.4) is 0 Å². The molecule has 0 atom stereocenters. The van der Waals surface area contributed by atoms with Crippen LogP contribution in [-0.2, 0) is 11.2 Å². The van der Waals surface area contributed by atoms with Gasteiger partial charge in [0.25, 0.3) is 0 Å². The highest BCUT2D eigenvalue weighted by Gasteiger charge is 2.41. The van der Waals surface area contributed by atoms with E-state index in [9.17, 15) is 4.79 Å². The van der Waals surface area contributed by atoms with E-state index in [0.29, 0.717) is 11.3 Å². The number of piperidine rings is 1. The number of carbonyl (C=O) groups is 1. The third-order valence-corrected chi connectivity index (χ3v) is 5.56. The number of nitrogens with zero attached hydrogens (tertiary/aromatic N) is 2. The zero-order chi connectivity index (χ0) is 18.1. The number of para-hydroxylation sites is 1. The van der Waals surface area contributed by atoms with Gasteiger partial charge in [0.2, 0.25) is 0 Å². The largest absolute Gasteiger partial charge is 0.486 e. The van der Waals surface area contributed by atoms with Crippen molar-refractivity contribution in [2.24, 2.45) is 0 Å². The van der Waals surface area contributed by atoms with Crippen molar-refractivity contribution in [1.29, 1.82) is 0 Å². The van der Waals surface area contributed by atoms with E-state index in [1.54, 1.807) is 6.07 Å². The van der Waals surface area contributed by atoms with Crippen molar-refractivity contribution >= 4 is 11.8 Å². The maximum Gasteiger partial charge on any atom is 0.341 e. The Morgan fingerprint density at radius 1 is 1.19 bits per heavy atom. The summed E-state index contributed by atoms with van der Waals surface area (Å²) in [6, 6.07) is 9.91.